The van der Waals surface area contributed by atoms with Gasteiger partial charge in [-0.2, -0.15) is 0 Å². The van der Waals surface area contributed by atoms with E-state index in [4.69, 9.17) is 9.84 Å². The number of hydrogen-bond donors (Lipinski definition) is 1. The molecule has 0 radical (unpaired) electrons. The first kappa shape index (κ1) is 12.6. The van der Waals surface area contributed by atoms with Crippen LogP contribution < -0.4 is 0 Å². The summed E-state index contributed by atoms with van der Waals surface area (Å²) in [4.78, 5) is 11.6. The van der Waals surface area contributed by atoms with Crippen LogP contribution in [-0.2, 0) is 22.7 Å². The summed E-state index contributed by atoms with van der Waals surface area (Å²) in [5.41, 5.74) is 1.83. The third-order valence-electron chi connectivity index (χ3n) is 2.68. The Morgan fingerprint density at radius 3 is 2.83 bits per heavy atom. The molecule has 0 aliphatic heterocycles. The number of benzene rings is 1. The van der Waals surface area contributed by atoms with Gasteiger partial charge in [-0.1, -0.05) is 6.07 Å². The van der Waals surface area contributed by atoms with Crippen molar-refractivity contribution in [3.8, 4) is 0 Å². The average Bonchev–Trinajstić information content (AvgIpc) is 2.70. The largest absolute Gasteiger partial charge is 0.462 e. The van der Waals surface area contributed by atoms with Gasteiger partial charge in [0.15, 0.2) is 0 Å². The number of rotatable bonds is 4. The molecule has 0 bridgehead atoms. The van der Waals surface area contributed by atoms with Crippen LogP contribution in [0.25, 0.3) is 10.9 Å². The predicted octanol–water partition coefficient (Wildman–Crippen LogP) is 2.09. The van der Waals surface area contributed by atoms with Crippen LogP contribution in [0.15, 0.2) is 30.5 Å². The molecule has 96 valence electrons. The van der Waals surface area contributed by atoms with E-state index in [0.29, 0.717) is 0 Å². The number of aliphatic hydroxyl groups excluding tert-OH is 1. The molecule has 0 fully saturated rings. The summed E-state index contributed by atoms with van der Waals surface area (Å²) in [6.07, 6.45) is 1.76. The first-order valence-electron chi connectivity index (χ1n) is 5.98. The van der Waals surface area contributed by atoms with Crippen LogP contribution in [0.4, 0.5) is 0 Å². The second kappa shape index (κ2) is 5.23. The summed E-state index contributed by atoms with van der Waals surface area (Å²) in [7, 11) is 0. The van der Waals surface area contributed by atoms with Crippen molar-refractivity contribution in [3.63, 3.8) is 0 Å². The summed E-state index contributed by atoms with van der Waals surface area (Å²) < 4.78 is 6.97. The van der Waals surface area contributed by atoms with Crippen molar-refractivity contribution in [2.75, 3.05) is 0 Å². The fourth-order valence-corrected chi connectivity index (χ4v) is 1.93. The van der Waals surface area contributed by atoms with Crippen LogP contribution in [-0.4, -0.2) is 21.7 Å². The van der Waals surface area contributed by atoms with Gasteiger partial charge in [0.25, 0.3) is 0 Å². The number of fused-ring (bicyclic) bond motifs is 1. The lowest BCUT2D eigenvalue weighted by Gasteiger charge is -2.09. The van der Waals surface area contributed by atoms with Crippen molar-refractivity contribution >= 4 is 16.9 Å². The minimum Gasteiger partial charge on any atom is -0.462 e. The molecule has 1 aromatic carbocycles. The van der Waals surface area contributed by atoms with Gasteiger partial charge in [-0.3, -0.25) is 4.79 Å². The highest BCUT2D eigenvalue weighted by atomic mass is 16.5. The number of carbonyl (C=O) groups is 1. The fourth-order valence-electron chi connectivity index (χ4n) is 1.93. The molecule has 0 saturated carbocycles. The van der Waals surface area contributed by atoms with E-state index in [9.17, 15) is 4.79 Å². The highest BCUT2D eigenvalue weighted by Gasteiger charge is 2.09. The fraction of sp³-hybridized carbons (Fsp3) is 0.357. The number of aromatic nitrogens is 1. The van der Waals surface area contributed by atoms with Crippen molar-refractivity contribution in [1.82, 2.24) is 4.57 Å². The maximum Gasteiger partial charge on any atom is 0.326 e. The van der Waals surface area contributed by atoms with E-state index in [2.05, 4.69) is 0 Å². The van der Waals surface area contributed by atoms with Crippen molar-refractivity contribution in [2.45, 2.75) is 33.1 Å². The van der Waals surface area contributed by atoms with E-state index in [1.807, 2.05) is 48.9 Å². The van der Waals surface area contributed by atoms with E-state index < -0.39 is 0 Å². The van der Waals surface area contributed by atoms with E-state index in [-0.39, 0.29) is 25.2 Å². The summed E-state index contributed by atoms with van der Waals surface area (Å²) >= 11 is 0. The Labute approximate surface area is 106 Å². The third kappa shape index (κ3) is 2.71. The van der Waals surface area contributed by atoms with Crippen LogP contribution in [0, 0.1) is 0 Å². The van der Waals surface area contributed by atoms with Crippen LogP contribution in [0.2, 0.25) is 0 Å². The van der Waals surface area contributed by atoms with Gasteiger partial charge >= 0.3 is 5.97 Å². The zero-order valence-electron chi connectivity index (χ0n) is 10.6. The minimum absolute atomic E-state index is 0.0243. The lowest BCUT2D eigenvalue weighted by atomic mass is 10.2. The monoisotopic (exact) mass is 247 g/mol. The van der Waals surface area contributed by atoms with Crippen molar-refractivity contribution in [3.05, 3.63) is 36.0 Å². The highest BCUT2D eigenvalue weighted by molar-refractivity contribution is 5.82. The number of esters is 1. The molecule has 4 heteroatoms. The number of aliphatic hydroxyl groups is 1. The Bertz CT molecular complexity index is 557. The molecule has 4 nitrogen and oxygen atoms in total. The van der Waals surface area contributed by atoms with Gasteiger partial charge in [0, 0.05) is 11.7 Å². The van der Waals surface area contributed by atoms with Gasteiger partial charge in [-0.05, 0) is 43.0 Å². The number of nitrogens with zero attached hydrogens (tertiary/aromatic N) is 1. The van der Waals surface area contributed by atoms with Gasteiger partial charge in [0.05, 0.1) is 12.7 Å². The second-order valence-electron chi connectivity index (χ2n) is 4.53. The molecule has 0 spiro atoms. The smallest absolute Gasteiger partial charge is 0.326 e. The topological polar surface area (TPSA) is 51.5 Å². The van der Waals surface area contributed by atoms with Crippen LogP contribution in [0.5, 0.6) is 0 Å². The molecule has 0 atom stereocenters. The SMILES string of the molecule is CC(C)OC(=O)Cn1ccc2cc(CO)ccc21. The summed E-state index contributed by atoms with van der Waals surface area (Å²) in [6.45, 7) is 3.90. The maximum absolute atomic E-state index is 11.6. The molecule has 1 N–H and O–H groups in total. The molecule has 0 unspecified atom stereocenters. The number of carbonyl (C=O) groups excluding carboxylic acids is 1. The highest BCUT2D eigenvalue weighted by Crippen LogP contribution is 2.18. The Morgan fingerprint density at radius 2 is 2.17 bits per heavy atom. The first-order valence-corrected chi connectivity index (χ1v) is 5.98. The average molecular weight is 247 g/mol. The standard InChI is InChI=1S/C14H17NO3/c1-10(2)18-14(17)8-15-6-5-12-7-11(9-16)3-4-13(12)15/h3-7,10,16H,8-9H2,1-2H3. The molecule has 2 aromatic rings. The van der Waals surface area contributed by atoms with E-state index in [1.165, 1.54) is 0 Å². The maximum atomic E-state index is 11.6. The molecular weight excluding hydrogens is 230 g/mol. The third-order valence-corrected chi connectivity index (χ3v) is 2.68. The normalized spacial score (nSPS) is 11.1. The van der Waals surface area contributed by atoms with Gasteiger partial charge in [0.1, 0.15) is 6.54 Å². The van der Waals surface area contributed by atoms with Gasteiger partial charge in [-0.15, -0.1) is 0 Å². The van der Waals surface area contributed by atoms with Crippen molar-refractivity contribution < 1.29 is 14.6 Å². The molecule has 0 aliphatic rings. The number of ether oxygens (including phenoxy) is 1. The molecule has 2 rings (SSSR count). The zero-order valence-corrected chi connectivity index (χ0v) is 10.6. The van der Waals surface area contributed by atoms with E-state index in [1.54, 1.807) is 0 Å². The molecule has 0 aliphatic carbocycles. The molecule has 1 heterocycles. The molecule has 18 heavy (non-hydrogen) atoms. The first-order chi connectivity index (χ1) is 8.60. The summed E-state index contributed by atoms with van der Waals surface area (Å²) in [5, 5.41) is 10.1. The van der Waals surface area contributed by atoms with Crippen molar-refractivity contribution in [1.29, 1.82) is 0 Å². The van der Waals surface area contributed by atoms with Crippen molar-refractivity contribution in [2.24, 2.45) is 0 Å². The predicted molar refractivity (Wildman–Crippen MR) is 69.1 cm³/mol. The Hall–Kier alpha value is -1.81. The summed E-state index contributed by atoms with van der Waals surface area (Å²) in [6, 6.07) is 7.60. The van der Waals surface area contributed by atoms with Crippen LogP contribution >= 0.6 is 0 Å². The van der Waals surface area contributed by atoms with Gasteiger partial charge < -0.3 is 14.4 Å². The van der Waals surface area contributed by atoms with E-state index >= 15 is 0 Å². The number of hydrogen-bond acceptors (Lipinski definition) is 3. The minimum atomic E-state index is -0.242. The zero-order chi connectivity index (χ0) is 13.1. The van der Waals surface area contributed by atoms with Crippen LogP contribution in [0.1, 0.15) is 19.4 Å². The lowest BCUT2D eigenvalue weighted by molar-refractivity contribution is -0.148. The quantitative estimate of drug-likeness (QED) is 0.842. The van der Waals surface area contributed by atoms with Crippen LogP contribution in [0.3, 0.4) is 0 Å². The van der Waals surface area contributed by atoms with E-state index in [0.717, 1.165) is 16.5 Å². The van der Waals surface area contributed by atoms with Gasteiger partial charge in [-0.25, -0.2) is 0 Å². The van der Waals surface area contributed by atoms with Gasteiger partial charge in [0.2, 0.25) is 0 Å². The Kier molecular flexibility index (Phi) is 3.67. The lowest BCUT2D eigenvalue weighted by Crippen LogP contribution is -2.16. The molecular formula is C14H17NO3. The second-order valence-corrected chi connectivity index (χ2v) is 4.53. The Morgan fingerprint density at radius 1 is 1.39 bits per heavy atom. The molecule has 0 saturated heterocycles. The Balaban J connectivity index is 2.22. The molecule has 1 aromatic heterocycles. The summed E-state index contributed by atoms with van der Waals surface area (Å²) in [5.74, 6) is -0.242. The molecule has 0 amide bonds.